The molecule has 4 heteroatoms. The standard InChI is InChI=1S/C17H15.C9H13.2CH3.2ClH.Si.Zr/c1-12-11-15-9-6-10-16(17(15)13(12)2)14-7-4-3-5-8-14;1-6-5-7(2)9(4)8(6)3;;;;;;/h3-11H,1-2H3;6H,1-4H3;2*1H3;2*1H;;/q4*-1;;;;. The van der Waals surface area contributed by atoms with Crippen LogP contribution in [0.5, 0.6) is 0 Å². The van der Waals surface area contributed by atoms with Crippen molar-refractivity contribution in [2.75, 3.05) is 0 Å². The number of hydrogen-bond donors (Lipinski definition) is 0. The minimum atomic E-state index is 0. The zero-order valence-corrected chi connectivity index (χ0v) is 25.7. The average molecular weight is 563 g/mol. The van der Waals surface area contributed by atoms with Crippen molar-refractivity contribution >= 4 is 42.5 Å². The van der Waals surface area contributed by atoms with E-state index in [2.05, 4.69) is 109 Å². The third kappa shape index (κ3) is 8.21. The number of hydrogen-bond acceptors (Lipinski definition) is 0. The monoisotopic (exact) mass is 560 g/mol. The van der Waals surface area contributed by atoms with E-state index < -0.39 is 0 Å². The first kappa shape index (κ1) is 35.8. The number of benzene rings is 2. The Balaban J connectivity index is -0.000000490. The van der Waals surface area contributed by atoms with E-state index in [9.17, 15) is 0 Å². The Hall–Kier alpha value is -0.790. The molecule has 4 rings (SSSR count). The van der Waals surface area contributed by atoms with Crippen LogP contribution in [-0.2, 0) is 23.3 Å². The van der Waals surface area contributed by atoms with Gasteiger partial charge >= 0.3 is 30.2 Å². The van der Waals surface area contributed by atoms with Crippen molar-refractivity contribution in [3.8, 4) is 11.1 Å². The summed E-state index contributed by atoms with van der Waals surface area (Å²) >= 11 is 1.36. The summed E-state index contributed by atoms with van der Waals surface area (Å²) in [6.07, 6.45) is 3.36. The van der Waals surface area contributed by atoms with E-state index in [1.165, 1.54) is 73.1 Å². The van der Waals surface area contributed by atoms with Crippen LogP contribution in [0, 0.1) is 40.7 Å². The fraction of sp³-hybridized carbons (Fsp3) is 0.250. The summed E-state index contributed by atoms with van der Waals surface area (Å²) in [7, 11) is 0. The molecule has 1 aliphatic rings. The third-order valence-corrected chi connectivity index (χ3v) is 5.76. The van der Waals surface area contributed by atoms with Crippen LogP contribution in [0.25, 0.3) is 21.9 Å². The Morgan fingerprint density at radius 3 is 1.84 bits per heavy atom. The zero-order chi connectivity index (χ0) is 20.8. The van der Waals surface area contributed by atoms with Gasteiger partial charge in [-0.2, -0.15) is 16.7 Å². The van der Waals surface area contributed by atoms with Crippen LogP contribution in [0.15, 0.2) is 71.3 Å². The second-order valence-corrected chi connectivity index (χ2v) is 7.39. The SMILES string of the molecule is CC1=[C-]C(C)C(C)=C1C.Cc1[cH-]c2cccc(-c3ccccc3)c2c1C.Cl.Cl.[CH3-].[CH3-].[Si]=[Zr]. The molecular weight excluding hydrogens is 527 g/mol. The molecule has 0 fully saturated rings. The van der Waals surface area contributed by atoms with E-state index >= 15 is 0 Å². The molecule has 0 saturated heterocycles. The molecule has 0 bridgehead atoms. The van der Waals surface area contributed by atoms with Gasteiger partial charge in [0.15, 0.2) is 0 Å². The maximum absolute atomic E-state index is 3.36. The van der Waals surface area contributed by atoms with Gasteiger partial charge in [-0.3, -0.25) is 6.08 Å². The van der Waals surface area contributed by atoms with Crippen LogP contribution in [-0.4, -0.2) is 6.88 Å². The molecule has 3 aromatic carbocycles. The molecule has 0 amide bonds. The van der Waals surface area contributed by atoms with E-state index in [0.717, 1.165) is 0 Å². The molecule has 2 radical (unpaired) electrons. The summed E-state index contributed by atoms with van der Waals surface area (Å²) in [5, 5.41) is 2.75. The quantitative estimate of drug-likeness (QED) is 0.205. The number of halogens is 2. The van der Waals surface area contributed by atoms with E-state index in [1.54, 1.807) is 0 Å². The van der Waals surface area contributed by atoms with Crippen molar-refractivity contribution < 1.29 is 23.3 Å². The summed E-state index contributed by atoms with van der Waals surface area (Å²) < 4.78 is 0. The Morgan fingerprint density at radius 2 is 1.41 bits per heavy atom. The molecule has 1 unspecified atom stereocenters. The molecule has 0 aromatic heterocycles. The average Bonchev–Trinajstić information content (AvgIpc) is 3.14. The predicted octanol–water partition coefficient (Wildman–Crippen LogP) is 8.93. The fourth-order valence-electron chi connectivity index (χ4n) is 3.67. The Bertz CT molecular complexity index is 1020. The molecule has 0 heterocycles. The third-order valence-electron chi connectivity index (χ3n) is 5.76. The molecule has 3 aromatic rings. The van der Waals surface area contributed by atoms with Crippen LogP contribution in [0.4, 0.5) is 0 Å². The molecule has 0 N–H and O–H groups in total. The van der Waals surface area contributed by atoms with Gasteiger partial charge in [-0.1, -0.05) is 82.5 Å². The van der Waals surface area contributed by atoms with Gasteiger partial charge in [-0.05, 0) is 5.56 Å². The van der Waals surface area contributed by atoms with E-state index in [-0.39, 0.29) is 39.7 Å². The predicted molar refractivity (Wildman–Crippen MR) is 147 cm³/mol. The van der Waals surface area contributed by atoms with Crippen molar-refractivity contribution in [2.24, 2.45) is 5.92 Å². The molecule has 1 aliphatic carbocycles. The van der Waals surface area contributed by atoms with Gasteiger partial charge in [0.1, 0.15) is 0 Å². The number of fused-ring (bicyclic) bond motifs is 1. The topological polar surface area (TPSA) is 0 Å². The van der Waals surface area contributed by atoms with Gasteiger partial charge in [0.2, 0.25) is 0 Å². The molecule has 32 heavy (non-hydrogen) atoms. The number of rotatable bonds is 1. The zero-order valence-electron chi connectivity index (χ0n) is 20.6. The second-order valence-electron chi connectivity index (χ2n) is 7.39. The van der Waals surface area contributed by atoms with Crippen LogP contribution < -0.4 is 0 Å². The molecule has 0 aliphatic heterocycles. The molecule has 0 saturated carbocycles. The van der Waals surface area contributed by atoms with Crippen molar-refractivity contribution in [1.82, 2.24) is 0 Å². The molecular formula is C28H36Cl2SiZr-4. The van der Waals surface area contributed by atoms with Crippen LogP contribution in [0.1, 0.15) is 38.8 Å². The van der Waals surface area contributed by atoms with E-state index in [0.29, 0.717) is 5.92 Å². The molecule has 0 spiro atoms. The van der Waals surface area contributed by atoms with Crippen molar-refractivity contribution in [2.45, 2.75) is 41.5 Å². The normalized spacial score (nSPS) is 13.5. The van der Waals surface area contributed by atoms with Crippen LogP contribution >= 0.6 is 24.8 Å². The van der Waals surface area contributed by atoms with Gasteiger partial charge in [-0.25, -0.2) is 5.57 Å². The van der Waals surface area contributed by atoms with E-state index in [1.807, 2.05) is 0 Å². The Labute approximate surface area is 226 Å². The van der Waals surface area contributed by atoms with Gasteiger partial charge in [-0.15, -0.1) is 66.3 Å². The Morgan fingerprint density at radius 1 is 0.844 bits per heavy atom. The van der Waals surface area contributed by atoms with Gasteiger partial charge in [0.25, 0.3) is 0 Å². The summed E-state index contributed by atoms with van der Waals surface area (Å²) in [6.45, 7) is 16.1. The summed E-state index contributed by atoms with van der Waals surface area (Å²) in [5.41, 5.74) is 9.67. The fourth-order valence-corrected chi connectivity index (χ4v) is 3.67. The summed E-state index contributed by atoms with van der Waals surface area (Å²) in [4.78, 5) is 0. The molecule has 1 atom stereocenters. The second kappa shape index (κ2) is 16.8. The molecule has 174 valence electrons. The summed E-state index contributed by atoms with van der Waals surface area (Å²) in [6, 6.07) is 19.4. The first-order valence-corrected chi connectivity index (χ1v) is 13.8. The van der Waals surface area contributed by atoms with Crippen molar-refractivity contribution in [1.29, 1.82) is 0 Å². The van der Waals surface area contributed by atoms with Gasteiger partial charge in [0, 0.05) is 0 Å². The van der Waals surface area contributed by atoms with Gasteiger partial charge in [0.05, 0.1) is 0 Å². The Kier molecular flexibility index (Phi) is 18.8. The minimum absolute atomic E-state index is 0. The van der Waals surface area contributed by atoms with E-state index in [4.69, 9.17) is 0 Å². The summed E-state index contributed by atoms with van der Waals surface area (Å²) in [5.74, 6) is 0.560. The van der Waals surface area contributed by atoms with Crippen LogP contribution in [0.2, 0.25) is 0 Å². The van der Waals surface area contributed by atoms with Gasteiger partial charge < -0.3 is 14.9 Å². The van der Waals surface area contributed by atoms with Crippen molar-refractivity contribution in [3.63, 3.8) is 0 Å². The van der Waals surface area contributed by atoms with Crippen molar-refractivity contribution in [3.05, 3.63) is 103 Å². The number of aryl methyl sites for hydroxylation is 2. The molecule has 0 nitrogen and oxygen atoms in total. The van der Waals surface area contributed by atoms with Crippen LogP contribution in [0.3, 0.4) is 0 Å². The number of allylic oxidation sites excluding steroid dienone is 4. The maximum atomic E-state index is 3.36. The first-order chi connectivity index (χ1) is 13.4. The first-order valence-electron chi connectivity index (χ1n) is 9.64.